The third-order valence-corrected chi connectivity index (χ3v) is 1.29. The summed E-state index contributed by atoms with van der Waals surface area (Å²) < 4.78 is 0. The molecule has 0 rings (SSSR count). The lowest BCUT2D eigenvalue weighted by Crippen LogP contribution is -2.18. The zero-order chi connectivity index (χ0) is 7.82. The summed E-state index contributed by atoms with van der Waals surface area (Å²) in [6, 6.07) is 0. The van der Waals surface area contributed by atoms with E-state index in [0.29, 0.717) is 0 Å². The van der Waals surface area contributed by atoms with Crippen molar-refractivity contribution in [1.82, 2.24) is 4.90 Å². The van der Waals surface area contributed by atoms with Crippen LogP contribution >= 0.6 is 0 Å². The van der Waals surface area contributed by atoms with Gasteiger partial charge >= 0.3 is 0 Å². The summed E-state index contributed by atoms with van der Waals surface area (Å²) in [4.78, 5) is 2.21. The second-order valence-electron chi connectivity index (χ2n) is 2.42. The molecule has 0 amide bonds. The quantitative estimate of drug-likeness (QED) is 0.577. The molecule has 1 N–H and O–H groups in total. The van der Waals surface area contributed by atoms with Crippen LogP contribution in [0.4, 0.5) is 0 Å². The molecule has 0 aromatic carbocycles. The van der Waals surface area contributed by atoms with Crippen LogP contribution in [0.2, 0.25) is 0 Å². The number of aliphatic hydroxyl groups excluding tert-OH is 1. The van der Waals surface area contributed by atoms with Crippen LogP contribution in [0, 0.1) is 0 Å². The Morgan fingerprint density at radius 3 is 2.60 bits per heavy atom. The van der Waals surface area contributed by atoms with Crippen LogP contribution in [0.3, 0.4) is 0 Å². The minimum atomic E-state index is 0.153. The minimum absolute atomic E-state index is 0.153. The molecule has 10 heavy (non-hydrogen) atoms. The van der Waals surface area contributed by atoms with E-state index in [1.165, 1.54) is 6.42 Å². The maximum atomic E-state index is 8.40. The van der Waals surface area contributed by atoms with Gasteiger partial charge in [-0.05, 0) is 20.0 Å². The molecule has 0 heterocycles. The second kappa shape index (κ2) is 6.78. The first kappa shape index (κ1) is 9.66. The van der Waals surface area contributed by atoms with E-state index >= 15 is 0 Å². The Balaban J connectivity index is 3.20. The lowest BCUT2D eigenvalue weighted by atomic mass is 10.4. The van der Waals surface area contributed by atoms with E-state index in [-0.39, 0.29) is 6.61 Å². The molecule has 0 aromatic heterocycles. The average molecular weight is 143 g/mol. The third kappa shape index (κ3) is 5.79. The molecule has 0 bridgehead atoms. The zero-order valence-corrected chi connectivity index (χ0v) is 6.88. The molecule has 2 nitrogen and oxygen atoms in total. The number of hydrogen-bond donors (Lipinski definition) is 1. The Bertz CT molecular complexity index is 91.3. The van der Waals surface area contributed by atoms with Crippen molar-refractivity contribution in [2.45, 2.75) is 13.3 Å². The van der Waals surface area contributed by atoms with Crippen LogP contribution in [0.25, 0.3) is 0 Å². The highest BCUT2D eigenvalue weighted by Crippen LogP contribution is 1.85. The van der Waals surface area contributed by atoms with Crippen molar-refractivity contribution in [3.8, 4) is 0 Å². The van der Waals surface area contributed by atoms with Gasteiger partial charge in [0.25, 0.3) is 0 Å². The molecule has 0 radical (unpaired) electrons. The highest BCUT2D eigenvalue weighted by Gasteiger charge is 1.89. The minimum Gasteiger partial charge on any atom is -0.392 e. The van der Waals surface area contributed by atoms with Gasteiger partial charge in [-0.1, -0.05) is 19.1 Å². The fraction of sp³-hybridized carbons (Fsp3) is 0.750. The smallest absolute Gasteiger partial charge is 0.0612 e. The molecule has 0 saturated carbocycles. The number of likely N-dealkylation sites (N-methyl/N-ethyl adjacent to an activating group) is 1. The fourth-order valence-corrected chi connectivity index (χ4v) is 0.802. The Hall–Kier alpha value is -0.340. The van der Waals surface area contributed by atoms with Gasteiger partial charge in [-0.3, -0.25) is 0 Å². The summed E-state index contributed by atoms with van der Waals surface area (Å²) in [6.45, 7) is 4.37. The SMILES string of the molecule is CCCN(C)CC=CCO. The van der Waals surface area contributed by atoms with E-state index < -0.39 is 0 Å². The molecule has 0 saturated heterocycles. The van der Waals surface area contributed by atoms with Crippen LogP contribution in [-0.4, -0.2) is 36.8 Å². The molecule has 0 aromatic rings. The Morgan fingerprint density at radius 1 is 1.40 bits per heavy atom. The highest BCUT2D eigenvalue weighted by molar-refractivity contribution is 4.83. The van der Waals surface area contributed by atoms with Crippen LogP contribution in [0.1, 0.15) is 13.3 Å². The highest BCUT2D eigenvalue weighted by atomic mass is 16.2. The molecule has 2 heteroatoms. The maximum Gasteiger partial charge on any atom is 0.0612 e. The standard InChI is InChI=1S/C8H17NO/c1-3-6-9(2)7-4-5-8-10/h4-5,10H,3,6-8H2,1-2H3. The molecule has 60 valence electrons. The molecule has 0 aliphatic heterocycles. The topological polar surface area (TPSA) is 23.5 Å². The van der Waals surface area contributed by atoms with Crippen LogP contribution in [-0.2, 0) is 0 Å². The van der Waals surface area contributed by atoms with Gasteiger partial charge in [0.2, 0.25) is 0 Å². The van der Waals surface area contributed by atoms with E-state index in [0.717, 1.165) is 13.1 Å². The summed E-state index contributed by atoms with van der Waals surface area (Å²) in [6.07, 6.45) is 4.94. The van der Waals surface area contributed by atoms with Gasteiger partial charge in [-0.15, -0.1) is 0 Å². The Morgan fingerprint density at radius 2 is 2.10 bits per heavy atom. The van der Waals surface area contributed by atoms with E-state index in [1.54, 1.807) is 6.08 Å². The summed E-state index contributed by atoms with van der Waals surface area (Å²) in [7, 11) is 2.07. The van der Waals surface area contributed by atoms with Crippen molar-refractivity contribution in [3.05, 3.63) is 12.2 Å². The summed E-state index contributed by atoms with van der Waals surface area (Å²) >= 11 is 0. The van der Waals surface area contributed by atoms with Crippen molar-refractivity contribution in [2.75, 3.05) is 26.7 Å². The van der Waals surface area contributed by atoms with Gasteiger partial charge in [0.05, 0.1) is 6.61 Å². The van der Waals surface area contributed by atoms with Crippen molar-refractivity contribution in [1.29, 1.82) is 0 Å². The first-order chi connectivity index (χ1) is 4.81. The normalized spacial score (nSPS) is 11.6. The fourth-order valence-electron chi connectivity index (χ4n) is 0.802. The van der Waals surface area contributed by atoms with Gasteiger partial charge in [0, 0.05) is 6.54 Å². The molecule has 0 atom stereocenters. The first-order valence-electron chi connectivity index (χ1n) is 3.75. The number of rotatable bonds is 5. The van der Waals surface area contributed by atoms with Crippen molar-refractivity contribution >= 4 is 0 Å². The number of nitrogens with zero attached hydrogens (tertiary/aromatic N) is 1. The Labute approximate surface area is 63.2 Å². The van der Waals surface area contributed by atoms with Gasteiger partial charge in [0.1, 0.15) is 0 Å². The van der Waals surface area contributed by atoms with E-state index in [2.05, 4.69) is 18.9 Å². The third-order valence-electron chi connectivity index (χ3n) is 1.29. The van der Waals surface area contributed by atoms with Gasteiger partial charge < -0.3 is 10.0 Å². The van der Waals surface area contributed by atoms with Crippen LogP contribution in [0.15, 0.2) is 12.2 Å². The van der Waals surface area contributed by atoms with Gasteiger partial charge in [0.15, 0.2) is 0 Å². The largest absolute Gasteiger partial charge is 0.392 e. The van der Waals surface area contributed by atoms with Crippen LogP contribution < -0.4 is 0 Å². The Kier molecular flexibility index (Phi) is 6.55. The molecule has 0 aliphatic carbocycles. The van der Waals surface area contributed by atoms with E-state index in [9.17, 15) is 0 Å². The predicted molar refractivity (Wildman–Crippen MR) is 44.0 cm³/mol. The molecular weight excluding hydrogens is 126 g/mol. The lowest BCUT2D eigenvalue weighted by molar-refractivity contribution is 0.339. The summed E-state index contributed by atoms with van der Waals surface area (Å²) in [5.41, 5.74) is 0. The summed E-state index contributed by atoms with van der Waals surface area (Å²) in [5.74, 6) is 0. The van der Waals surface area contributed by atoms with Gasteiger partial charge in [-0.25, -0.2) is 0 Å². The van der Waals surface area contributed by atoms with Gasteiger partial charge in [-0.2, -0.15) is 0 Å². The first-order valence-corrected chi connectivity index (χ1v) is 3.75. The average Bonchev–Trinajstić information content (AvgIpc) is 1.89. The van der Waals surface area contributed by atoms with Crippen molar-refractivity contribution < 1.29 is 5.11 Å². The molecule has 0 unspecified atom stereocenters. The molecule has 0 spiro atoms. The summed E-state index contributed by atoms with van der Waals surface area (Å²) in [5, 5.41) is 8.40. The zero-order valence-electron chi connectivity index (χ0n) is 6.88. The maximum absolute atomic E-state index is 8.40. The molecule has 0 fully saturated rings. The monoisotopic (exact) mass is 143 g/mol. The predicted octanol–water partition coefficient (Wildman–Crippen LogP) is 0.877. The van der Waals surface area contributed by atoms with E-state index in [4.69, 9.17) is 5.11 Å². The van der Waals surface area contributed by atoms with Crippen LogP contribution in [0.5, 0.6) is 0 Å². The second-order valence-corrected chi connectivity index (χ2v) is 2.42. The van der Waals surface area contributed by atoms with E-state index in [1.807, 2.05) is 6.08 Å². The molecule has 0 aliphatic rings. The number of aliphatic hydroxyl groups is 1. The van der Waals surface area contributed by atoms with Crippen molar-refractivity contribution in [3.63, 3.8) is 0 Å². The molecular formula is C8H17NO. The van der Waals surface area contributed by atoms with Crippen molar-refractivity contribution in [2.24, 2.45) is 0 Å². The number of hydrogen-bond acceptors (Lipinski definition) is 2. The lowest BCUT2D eigenvalue weighted by Gasteiger charge is -2.11.